The van der Waals surface area contributed by atoms with Gasteiger partial charge in [-0.25, -0.2) is 13.6 Å². The number of benzene rings is 1. The number of likely N-dealkylation sites (tertiary alicyclic amines) is 1. The Labute approximate surface area is 127 Å². The van der Waals surface area contributed by atoms with Gasteiger partial charge in [0, 0.05) is 18.3 Å². The van der Waals surface area contributed by atoms with E-state index in [0.717, 1.165) is 25.1 Å². The molecule has 1 atom stereocenters. The maximum Gasteiger partial charge on any atom is 0.238 e. The lowest BCUT2D eigenvalue weighted by Gasteiger charge is -2.20. The van der Waals surface area contributed by atoms with Crippen LogP contribution in [0.15, 0.2) is 29.2 Å². The fraction of sp³-hybridized carbons (Fsp3) is 0.600. The van der Waals surface area contributed by atoms with Gasteiger partial charge in [-0.05, 0) is 63.0 Å². The molecule has 1 aromatic rings. The number of anilines is 1. The molecule has 0 amide bonds. The van der Waals surface area contributed by atoms with Gasteiger partial charge in [0.2, 0.25) is 10.0 Å². The Morgan fingerprint density at radius 1 is 1.24 bits per heavy atom. The molecule has 2 rings (SSSR count). The quantitative estimate of drug-likeness (QED) is 0.872. The van der Waals surface area contributed by atoms with Crippen LogP contribution in [-0.2, 0) is 10.0 Å². The fourth-order valence-electron chi connectivity index (χ4n) is 2.82. The van der Waals surface area contributed by atoms with Crippen LogP contribution < -0.4 is 10.5 Å². The Hall–Kier alpha value is -1.11. The van der Waals surface area contributed by atoms with Gasteiger partial charge in [0.25, 0.3) is 0 Å². The van der Waals surface area contributed by atoms with Crippen molar-refractivity contribution in [1.29, 1.82) is 0 Å². The topological polar surface area (TPSA) is 75.4 Å². The van der Waals surface area contributed by atoms with Crippen LogP contribution in [0.2, 0.25) is 0 Å². The van der Waals surface area contributed by atoms with E-state index >= 15 is 0 Å². The third-order valence-electron chi connectivity index (χ3n) is 3.91. The number of rotatable bonds is 5. The molecule has 1 aliphatic rings. The van der Waals surface area contributed by atoms with E-state index in [2.05, 4.69) is 17.1 Å². The molecule has 0 bridgehead atoms. The van der Waals surface area contributed by atoms with Crippen molar-refractivity contribution < 1.29 is 8.42 Å². The maximum absolute atomic E-state index is 11.2. The van der Waals surface area contributed by atoms with Crippen molar-refractivity contribution in [2.24, 2.45) is 5.14 Å². The molecule has 0 aliphatic carbocycles. The molecule has 21 heavy (non-hydrogen) atoms. The summed E-state index contributed by atoms with van der Waals surface area (Å²) >= 11 is 0. The van der Waals surface area contributed by atoms with E-state index in [0.29, 0.717) is 6.04 Å². The van der Waals surface area contributed by atoms with Crippen LogP contribution >= 0.6 is 0 Å². The lowest BCUT2D eigenvalue weighted by Crippen LogP contribution is -2.27. The molecule has 6 heteroatoms. The van der Waals surface area contributed by atoms with Crippen LogP contribution in [0.25, 0.3) is 0 Å². The van der Waals surface area contributed by atoms with E-state index in [-0.39, 0.29) is 4.90 Å². The summed E-state index contributed by atoms with van der Waals surface area (Å²) in [6, 6.07) is 7.13. The van der Waals surface area contributed by atoms with Crippen LogP contribution in [0, 0.1) is 0 Å². The summed E-state index contributed by atoms with van der Waals surface area (Å²) in [5, 5.41) is 8.60. The molecule has 5 nitrogen and oxygen atoms in total. The van der Waals surface area contributed by atoms with Crippen LogP contribution in [0.5, 0.6) is 0 Å². The van der Waals surface area contributed by atoms with Crippen molar-refractivity contribution >= 4 is 15.7 Å². The number of sulfonamides is 1. The second-order valence-corrected chi connectivity index (χ2v) is 7.24. The second-order valence-electron chi connectivity index (χ2n) is 5.68. The van der Waals surface area contributed by atoms with Gasteiger partial charge in [-0.3, -0.25) is 0 Å². The van der Waals surface area contributed by atoms with Gasteiger partial charge < -0.3 is 10.2 Å². The third kappa shape index (κ3) is 4.98. The molecule has 0 radical (unpaired) electrons. The van der Waals surface area contributed by atoms with Gasteiger partial charge in [-0.1, -0.05) is 6.92 Å². The Morgan fingerprint density at radius 2 is 1.95 bits per heavy atom. The van der Waals surface area contributed by atoms with E-state index in [9.17, 15) is 8.42 Å². The molecule has 1 saturated heterocycles. The molecular formula is C15H25N3O2S. The van der Waals surface area contributed by atoms with Crippen LogP contribution in [0.4, 0.5) is 5.69 Å². The summed E-state index contributed by atoms with van der Waals surface area (Å²) in [6.45, 7) is 5.70. The monoisotopic (exact) mass is 311 g/mol. The van der Waals surface area contributed by atoms with E-state index in [1.807, 2.05) is 0 Å². The predicted molar refractivity (Wildman–Crippen MR) is 85.8 cm³/mol. The zero-order chi connectivity index (χ0) is 15.3. The summed E-state index contributed by atoms with van der Waals surface area (Å²) < 4.78 is 22.5. The van der Waals surface area contributed by atoms with Crippen molar-refractivity contribution in [2.45, 2.75) is 43.5 Å². The van der Waals surface area contributed by atoms with Gasteiger partial charge in [0.15, 0.2) is 0 Å². The minimum Gasteiger partial charge on any atom is -0.382 e. The Balaban J connectivity index is 1.92. The van der Waals surface area contributed by atoms with Crippen molar-refractivity contribution in [2.75, 3.05) is 25.0 Å². The summed E-state index contributed by atoms with van der Waals surface area (Å²) in [6.07, 6.45) is 4.67. The number of primary sulfonamides is 1. The van der Waals surface area contributed by atoms with E-state index in [1.165, 1.54) is 25.9 Å². The SMILES string of the molecule is CCCN1CCCC(Nc2ccc(S(N)(=O)=O)cc2)CC1. The van der Waals surface area contributed by atoms with Gasteiger partial charge in [0.1, 0.15) is 0 Å². The van der Waals surface area contributed by atoms with Crippen molar-refractivity contribution in [3.8, 4) is 0 Å². The summed E-state index contributed by atoms with van der Waals surface area (Å²) in [5.41, 5.74) is 0.955. The smallest absolute Gasteiger partial charge is 0.238 e. The van der Waals surface area contributed by atoms with Gasteiger partial charge in [0.05, 0.1) is 4.90 Å². The van der Waals surface area contributed by atoms with Crippen molar-refractivity contribution in [1.82, 2.24) is 4.90 Å². The lowest BCUT2D eigenvalue weighted by molar-refractivity contribution is 0.285. The Kier molecular flexibility index (Phi) is 5.61. The molecular weight excluding hydrogens is 286 g/mol. The van der Waals surface area contributed by atoms with Crippen LogP contribution in [0.1, 0.15) is 32.6 Å². The highest BCUT2D eigenvalue weighted by atomic mass is 32.2. The molecule has 0 spiro atoms. The molecule has 1 fully saturated rings. The average Bonchev–Trinajstić information content (AvgIpc) is 2.65. The molecule has 1 heterocycles. The first-order valence-electron chi connectivity index (χ1n) is 7.61. The molecule has 1 unspecified atom stereocenters. The standard InChI is InChI=1S/C15H25N3O2S/c1-2-10-18-11-3-4-13(9-12-18)17-14-5-7-15(8-6-14)21(16,19)20/h5-8,13,17H,2-4,9-12H2,1H3,(H2,16,19,20). The molecule has 1 aliphatic heterocycles. The first-order valence-corrected chi connectivity index (χ1v) is 9.15. The molecule has 0 aromatic heterocycles. The van der Waals surface area contributed by atoms with Crippen LogP contribution in [0.3, 0.4) is 0 Å². The third-order valence-corrected chi connectivity index (χ3v) is 4.84. The highest BCUT2D eigenvalue weighted by molar-refractivity contribution is 7.89. The fourth-order valence-corrected chi connectivity index (χ4v) is 3.33. The van der Waals surface area contributed by atoms with E-state index in [1.54, 1.807) is 24.3 Å². The highest BCUT2D eigenvalue weighted by Crippen LogP contribution is 2.18. The highest BCUT2D eigenvalue weighted by Gasteiger charge is 2.16. The summed E-state index contributed by atoms with van der Waals surface area (Å²) in [4.78, 5) is 2.68. The predicted octanol–water partition coefficient (Wildman–Crippen LogP) is 2.01. The largest absolute Gasteiger partial charge is 0.382 e. The Bertz CT molecular complexity index is 543. The average molecular weight is 311 g/mol. The van der Waals surface area contributed by atoms with Crippen LogP contribution in [-0.4, -0.2) is 39.0 Å². The van der Waals surface area contributed by atoms with Crippen molar-refractivity contribution in [3.63, 3.8) is 0 Å². The number of nitrogens with one attached hydrogen (secondary N) is 1. The minimum absolute atomic E-state index is 0.156. The van der Waals surface area contributed by atoms with E-state index in [4.69, 9.17) is 5.14 Å². The normalized spacial score (nSPS) is 21.0. The second kappa shape index (κ2) is 7.24. The van der Waals surface area contributed by atoms with Crippen molar-refractivity contribution in [3.05, 3.63) is 24.3 Å². The van der Waals surface area contributed by atoms with Gasteiger partial charge in [-0.15, -0.1) is 0 Å². The summed E-state index contributed by atoms with van der Waals surface area (Å²) in [7, 11) is -3.61. The Morgan fingerprint density at radius 3 is 2.57 bits per heavy atom. The first kappa shape index (κ1) is 16.3. The molecule has 0 saturated carbocycles. The number of hydrogen-bond donors (Lipinski definition) is 2. The molecule has 118 valence electrons. The molecule has 1 aromatic carbocycles. The van der Waals surface area contributed by atoms with Gasteiger partial charge in [-0.2, -0.15) is 0 Å². The zero-order valence-corrected chi connectivity index (χ0v) is 13.4. The summed E-state index contributed by atoms with van der Waals surface area (Å²) in [5.74, 6) is 0. The number of hydrogen-bond acceptors (Lipinski definition) is 4. The molecule has 3 N–H and O–H groups in total. The number of nitrogens with two attached hydrogens (primary N) is 1. The zero-order valence-electron chi connectivity index (χ0n) is 12.6. The van der Waals surface area contributed by atoms with E-state index < -0.39 is 10.0 Å². The first-order chi connectivity index (χ1) is 9.99. The minimum atomic E-state index is -3.61. The van der Waals surface area contributed by atoms with Gasteiger partial charge >= 0.3 is 0 Å². The number of nitrogens with zero attached hydrogens (tertiary/aromatic N) is 1. The maximum atomic E-state index is 11.2. The lowest BCUT2D eigenvalue weighted by atomic mass is 10.1.